The second-order valence-electron chi connectivity index (χ2n) is 3.93. The van der Waals surface area contributed by atoms with Gasteiger partial charge in [-0.15, -0.1) is 11.3 Å². The second-order valence-corrected chi connectivity index (χ2v) is 5.59. The number of halogens is 1. The predicted molar refractivity (Wildman–Crippen MR) is 75.5 cm³/mol. The first-order valence-corrected chi connectivity index (χ1v) is 7.34. The fraction of sp³-hybridized carbons (Fsp3) is 0.167. The van der Waals surface area contributed by atoms with E-state index in [1.54, 1.807) is 23.5 Å². The van der Waals surface area contributed by atoms with Crippen molar-refractivity contribution in [3.63, 3.8) is 0 Å². The maximum atomic E-state index is 11.7. The van der Waals surface area contributed by atoms with Crippen molar-refractivity contribution in [1.82, 2.24) is 14.7 Å². The molecule has 0 atom stereocenters. The zero-order chi connectivity index (χ0) is 13.2. The molecule has 0 radical (unpaired) electrons. The Balaban J connectivity index is 1.55. The van der Waals surface area contributed by atoms with Gasteiger partial charge in [0.2, 0.25) is 0 Å². The van der Waals surface area contributed by atoms with Crippen LogP contribution in [0.2, 0.25) is 0 Å². The van der Waals surface area contributed by atoms with Gasteiger partial charge in [-0.2, -0.15) is 0 Å². The molecule has 0 aromatic carbocycles. The molecule has 0 bridgehead atoms. The Bertz CT molecular complexity index is 687. The molecule has 5 nitrogen and oxygen atoms in total. The lowest BCUT2D eigenvalue weighted by Gasteiger charge is -2.00. The molecule has 19 heavy (non-hydrogen) atoms. The van der Waals surface area contributed by atoms with E-state index in [0.29, 0.717) is 23.4 Å². The number of hydrogen-bond donors (Lipinski definition) is 1. The SMILES string of the molecule is O=C(NCCc1cn2ccsc2n1)c1ccc(Br)o1. The summed E-state index contributed by atoms with van der Waals surface area (Å²) in [7, 11) is 0. The smallest absolute Gasteiger partial charge is 0.287 e. The van der Waals surface area contributed by atoms with Gasteiger partial charge >= 0.3 is 0 Å². The molecule has 3 aromatic rings. The van der Waals surface area contributed by atoms with E-state index in [4.69, 9.17) is 4.42 Å². The van der Waals surface area contributed by atoms with Gasteiger partial charge in [0, 0.05) is 30.7 Å². The molecule has 7 heteroatoms. The number of nitrogens with one attached hydrogen (secondary N) is 1. The number of fused-ring (bicyclic) bond motifs is 1. The van der Waals surface area contributed by atoms with Crippen molar-refractivity contribution < 1.29 is 9.21 Å². The van der Waals surface area contributed by atoms with E-state index >= 15 is 0 Å². The van der Waals surface area contributed by atoms with Gasteiger partial charge in [0.1, 0.15) is 0 Å². The third-order valence-corrected chi connectivity index (χ3v) is 3.80. The van der Waals surface area contributed by atoms with Crippen molar-refractivity contribution in [2.75, 3.05) is 6.54 Å². The molecule has 0 fully saturated rings. The maximum absolute atomic E-state index is 11.7. The van der Waals surface area contributed by atoms with E-state index < -0.39 is 0 Å². The molecule has 3 aromatic heterocycles. The fourth-order valence-electron chi connectivity index (χ4n) is 1.72. The molecule has 0 saturated carbocycles. The predicted octanol–water partition coefficient (Wildman–Crippen LogP) is 2.72. The lowest BCUT2D eigenvalue weighted by Crippen LogP contribution is -2.25. The number of carbonyl (C=O) groups is 1. The van der Waals surface area contributed by atoms with Gasteiger partial charge in [-0.1, -0.05) is 0 Å². The van der Waals surface area contributed by atoms with Gasteiger partial charge in [-0.05, 0) is 28.1 Å². The summed E-state index contributed by atoms with van der Waals surface area (Å²) in [5.74, 6) is 0.0874. The van der Waals surface area contributed by atoms with E-state index in [1.807, 2.05) is 22.2 Å². The molecule has 0 aliphatic heterocycles. The van der Waals surface area contributed by atoms with Crippen LogP contribution in [-0.2, 0) is 6.42 Å². The van der Waals surface area contributed by atoms with Crippen molar-refractivity contribution in [2.24, 2.45) is 0 Å². The van der Waals surface area contributed by atoms with Crippen LogP contribution >= 0.6 is 27.3 Å². The van der Waals surface area contributed by atoms with E-state index in [9.17, 15) is 4.79 Å². The topological polar surface area (TPSA) is 59.5 Å². The average molecular weight is 340 g/mol. The minimum Gasteiger partial charge on any atom is -0.444 e. The van der Waals surface area contributed by atoms with Crippen LogP contribution < -0.4 is 5.32 Å². The fourth-order valence-corrected chi connectivity index (χ4v) is 2.75. The Morgan fingerprint density at radius 1 is 1.53 bits per heavy atom. The molecule has 1 amide bonds. The number of rotatable bonds is 4. The first-order valence-electron chi connectivity index (χ1n) is 5.67. The number of amides is 1. The highest BCUT2D eigenvalue weighted by atomic mass is 79.9. The van der Waals surface area contributed by atoms with E-state index in [0.717, 1.165) is 10.7 Å². The number of nitrogens with zero attached hydrogens (tertiary/aromatic N) is 2. The monoisotopic (exact) mass is 339 g/mol. The number of furan rings is 1. The summed E-state index contributed by atoms with van der Waals surface area (Å²) < 4.78 is 7.70. The van der Waals surface area contributed by atoms with Gasteiger partial charge in [0.15, 0.2) is 15.4 Å². The maximum Gasteiger partial charge on any atom is 0.287 e. The summed E-state index contributed by atoms with van der Waals surface area (Å²) in [5, 5.41) is 4.79. The first kappa shape index (κ1) is 12.4. The number of carbonyl (C=O) groups excluding carboxylic acids is 1. The summed E-state index contributed by atoms with van der Waals surface area (Å²) in [5.41, 5.74) is 0.966. The summed E-state index contributed by atoms with van der Waals surface area (Å²) in [4.78, 5) is 17.1. The Labute approximate surface area is 121 Å². The van der Waals surface area contributed by atoms with Gasteiger partial charge in [0.05, 0.1) is 5.69 Å². The summed E-state index contributed by atoms with van der Waals surface area (Å²) in [6.07, 6.45) is 4.64. The van der Waals surface area contributed by atoms with Crippen LogP contribution in [0.1, 0.15) is 16.2 Å². The summed E-state index contributed by atoms with van der Waals surface area (Å²) in [6.45, 7) is 0.530. The molecule has 0 unspecified atom stereocenters. The van der Waals surface area contributed by atoms with Gasteiger partial charge < -0.3 is 9.73 Å². The molecular weight excluding hydrogens is 330 g/mol. The van der Waals surface area contributed by atoms with Gasteiger partial charge in [-0.25, -0.2) is 4.98 Å². The lowest BCUT2D eigenvalue weighted by molar-refractivity contribution is 0.0925. The Kier molecular flexibility index (Phi) is 3.39. The molecule has 0 aliphatic rings. The van der Waals surface area contributed by atoms with Gasteiger partial charge in [-0.3, -0.25) is 9.20 Å². The minimum atomic E-state index is -0.216. The zero-order valence-corrected chi connectivity index (χ0v) is 12.2. The molecule has 98 valence electrons. The van der Waals surface area contributed by atoms with Crippen LogP contribution in [0, 0.1) is 0 Å². The molecule has 1 N–H and O–H groups in total. The van der Waals surface area contributed by atoms with E-state index in [-0.39, 0.29) is 5.91 Å². The van der Waals surface area contributed by atoms with Crippen LogP contribution in [0.4, 0.5) is 0 Å². The van der Waals surface area contributed by atoms with Crippen LogP contribution in [0.25, 0.3) is 4.96 Å². The minimum absolute atomic E-state index is 0.216. The average Bonchev–Trinajstić information content (AvgIpc) is 3.03. The highest BCUT2D eigenvalue weighted by molar-refractivity contribution is 9.10. The lowest BCUT2D eigenvalue weighted by atomic mass is 10.3. The zero-order valence-electron chi connectivity index (χ0n) is 9.80. The normalized spacial score (nSPS) is 11.0. The standard InChI is InChI=1S/C12H10BrN3O2S/c13-10-2-1-9(18-10)11(17)14-4-3-8-7-16-5-6-19-12(16)15-8/h1-2,5-7H,3-4H2,(H,14,17). The van der Waals surface area contributed by atoms with E-state index in [2.05, 4.69) is 26.2 Å². The highest BCUT2D eigenvalue weighted by Crippen LogP contribution is 2.14. The molecular formula is C12H10BrN3O2S. The largest absolute Gasteiger partial charge is 0.444 e. The summed E-state index contributed by atoms with van der Waals surface area (Å²) in [6, 6.07) is 3.32. The second kappa shape index (κ2) is 5.18. The van der Waals surface area contributed by atoms with Crippen molar-refractivity contribution in [3.05, 3.63) is 46.0 Å². The quantitative estimate of drug-likeness (QED) is 0.794. The third kappa shape index (κ3) is 2.71. The molecule has 0 saturated heterocycles. The highest BCUT2D eigenvalue weighted by Gasteiger charge is 2.10. The summed E-state index contributed by atoms with van der Waals surface area (Å²) >= 11 is 4.75. The number of thiazole rings is 1. The van der Waals surface area contributed by atoms with Crippen molar-refractivity contribution in [3.8, 4) is 0 Å². The van der Waals surface area contributed by atoms with Crippen LogP contribution in [0.5, 0.6) is 0 Å². The van der Waals surface area contributed by atoms with Gasteiger partial charge in [0.25, 0.3) is 5.91 Å². The van der Waals surface area contributed by atoms with Crippen LogP contribution in [0.3, 0.4) is 0 Å². The number of aromatic nitrogens is 2. The number of hydrogen-bond acceptors (Lipinski definition) is 4. The Hall–Kier alpha value is -1.60. The van der Waals surface area contributed by atoms with Crippen molar-refractivity contribution in [1.29, 1.82) is 0 Å². The van der Waals surface area contributed by atoms with Crippen LogP contribution in [-0.4, -0.2) is 21.8 Å². The molecule has 3 heterocycles. The van der Waals surface area contributed by atoms with E-state index in [1.165, 1.54) is 0 Å². The molecule has 0 spiro atoms. The van der Waals surface area contributed by atoms with Crippen molar-refractivity contribution >= 4 is 38.1 Å². The third-order valence-electron chi connectivity index (χ3n) is 2.61. The molecule has 3 rings (SSSR count). The first-order chi connectivity index (χ1) is 9.22. The van der Waals surface area contributed by atoms with Crippen molar-refractivity contribution in [2.45, 2.75) is 6.42 Å². The van der Waals surface area contributed by atoms with Crippen LogP contribution in [0.15, 0.2) is 39.0 Å². The number of imidazole rings is 1. The Morgan fingerprint density at radius 3 is 3.16 bits per heavy atom. The Morgan fingerprint density at radius 2 is 2.42 bits per heavy atom. The molecule has 0 aliphatic carbocycles.